The zero-order valence-electron chi connectivity index (χ0n) is 15.6. The van der Waals surface area contributed by atoms with Gasteiger partial charge in [-0.3, -0.25) is 14.7 Å². The quantitative estimate of drug-likeness (QED) is 0.734. The lowest BCUT2D eigenvalue weighted by molar-refractivity contribution is 0.231. The Kier molecular flexibility index (Phi) is 5.52. The van der Waals surface area contributed by atoms with Crippen LogP contribution in [0.25, 0.3) is 0 Å². The molecule has 1 aliphatic heterocycles. The monoisotopic (exact) mass is 393 g/mol. The van der Waals surface area contributed by atoms with E-state index in [1.165, 1.54) is 0 Å². The molecular formula is C18H23N3O5S. The summed E-state index contributed by atoms with van der Waals surface area (Å²) in [6.45, 7) is 4.07. The molecule has 0 aliphatic carbocycles. The molecule has 0 amide bonds. The van der Waals surface area contributed by atoms with Crippen LogP contribution in [0.4, 0.5) is 0 Å². The predicted molar refractivity (Wildman–Crippen MR) is 99.9 cm³/mol. The van der Waals surface area contributed by atoms with Crippen molar-refractivity contribution in [2.75, 3.05) is 26.5 Å². The first-order valence-electron chi connectivity index (χ1n) is 8.66. The summed E-state index contributed by atoms with van der Waals surface area (Å²) in [6, 6.07) is 5.72. The molecule has 0 saturated heterocycles. The minimum Gasteiger partial charge on any atom is -0.493 e. The van der Waals surface area contributed by atoms with Crippen LogP contribution in [-0.4, -0.2) is 49.8 Å². The molecule has 0 spiro atoms. The Morgan fingerprint density at radius 2 is 2.11 bits per heavy atom. The van der Waals surface area contributed by atoms with Gasteiger partial charge in [-0.25, -0.2) is 13.4 Å². The van der Waals surface area contributed by atoms with E-state index in [4.69, 9.17) is 9.47 Å². The molecule has 1 aromatic heterocycles. The second-order valence-electron chi connectivity index (χ2n) is 6.41. The van der Waals surface area contributed by atoms with E-state index in [1.54, 1.807) is 7.11 Å². The summed E-state index contributed by atoms with van der Waals surface area (Å²) in [4.78, 5) is 20.9. The number of para-hydroxylation sites is 1. The second kappa shape index (κ2) is 7.69. The lowest BCUT2D eigenvalue weighted by Gasteiger charge is -2.28. The standard InChI is InChI=1S/C18H23N3O5S/c1-4-26-16-12(6-5-7-15(16)25-2)10-21-9-8-13-14(11-21)19-18(20-17(13)22)27(3,23)24/h5-7H,4,8-11H2,1-3H3,(H,19,20,22). The lowest BCUT2D eigenvalue weighted by atomic mass is 10.1. The van der Waals surface area contributed by atoms with Gasteiger partial charge in [-0.1, -0.05) is 12.1 Å². The van der Waals surface area contributed by atoms with Gasteiger partial charge < -0.3 is 9.47 Å². The zero-order chi connectivity index (χ0) is 19.6. The van der Waals surface area contributed by atoms with Gasteiger partial charge in [0.05, 0.1) is 19.4 Å². The van der Waals surface area contributed by atoms with Gasteiger partial charge in [-0.15, -0.1) is 0 Å². The first-order valence-corrected chi connectivity index (χ1v) is 10.6. The van der Waals surface area contributed by atoms with E-state index >= 15 is 0 Å². The van der Waals surface area contributed by atoms with E-state index in [2.05, 4.69) is 14.9 Å². The Morgan fingerprint density at radius 3 is 2.78 bits per heavy atom. The first kappa shape index (κ1) is 19.4. The second-order valence-corrected chi connectivity index (χ2v) is 8.34. The molecule has 146 valence electrons. The Labute approximate surface area is 158 Å². The molecular weight excluding hydrogens is 370 g/mol. The van der Waals surface area contributed by atoms with Crippen molar-refractivity contribution in [1.29, 1.82) is 0 Å². The van der Waals surface area contributed by atoms with Gasteiger partial charge in [0, 0.05) is 37.0 Å². The fourth-order valence-corrected chi connectivity index (χ4v) is 3.73. The van der Waals surface area contributed by atoms with Crippen LogP contribution < -0.4 is 15.0 Å². The summed E-state index contributed by atoms with van der Waals surface area (Å²) in [6.07, 6.45) is 1.54. The van der Waals surface area contributed by atoms with Gasteiger partial charge >= 0.3 is 0 Å². The molecule has 27 heavy (non-hydrogen) atoms. The number of H-pyrrole nitrogens is 1. The van der Waals surface area contributed by atoms with Gasteiger partial charge in [-0.2, -0.15) is 0 Å². The molecule has 0 saturated carbocycles. The number of rotatable bonds is 6. The number of aromatic nitrogens is 2. The number of fused-ring (bicyclic) bond motifs is 1. The Balaban J connectivity index is 1.89. The summed E-state index contributed by atoms with van der Waals surface area (Å²) in [5.41, 5.74) is 1.64. The third-order valence-electron chi connectivity index (χ3n) is 4.45. The summed E-state index contributed by atoms with van der Waals surface area (Å²) >= 11 is 0. The molecule has 2 aromatic rings. The number of methoxy groups -OCH3 is 1. The fourth-order valence-electron chi connectivity index (χ4n) is 3.18. The topological polar surface area (TPSA) is 102 Å². The van der Waals surface area contributed by atoms with Crippen LogP contribution in [0, 0.1) is 0 Å². The predicted octanol–water partition coefficient (Wildman–Crippen LogP) is 1.14. The van der Waals surface area contributed by atoms with Gasteiger partial charge in [-0.05, 0) is 19.4 Å². The van der Waals surface area contributed by atoms with E-state index < -0.39 is 9.84 Å². The van der Waals surface area contributed by atoms with Crippen molar-refractivity contribution < 1.29 is 17.9 Å². The highest BCUT2D eigenvalue weighted by Crippen LogP contribution is 2.32. The average Bonchev–Trinajstić information content (AvgIpc) is 2.62. The van der Waals surface area contributed by atoms with Crippen LogP contribution in [0.2, 0.25) is 0 Å². The smallest absolute Gasteiger partial charge is 0.255 e. The highest BCUT2D eigenvalue weighted by Gasteiger charge is 2.24. The molecule has 1 aliphatic rings. The van der Waals surface area contributed by atoms with Gasteiger partial charge in [0.2, 0.25) is 15.0 Å². The summed E-state index contributed by atoms with van der Waals surface area (Å²) < 4.78 is 34.6. The fraction of sp³-hybridized carbons (Fsp3) is 0.444. The van der Waals surface area contributed by atoms with Crippen LogP contribution in [0.1, 0.15) is 23.7 Å². The number of hydrogen-bond donors (Lipinski definition) is 1. The van der Waals surface area contributed by atoms with Crippen molar-refractivity contribution in [3.05, 3.63) is 45.4 Å². The normalized spacial score (nSPS) is 14.6. The Hall–Kier alpha value is -2.39. The Morgan fingerprint density at radius 1 is 1.33 bits per heavy atom. The maximum Gasteiger partial charge on any atom is 0.255 e. The maximum absolute atomic E-state index is 12.2. The number of sulfone groups is 1. The highest BCUT2D eigenvalue weighted by atomic mass is 32.2. The molecule has 0 atom stereocenters. The van der Waals surface area contributed by atoms with Crippen molar-refractivity contribution in [3.63, 3.8) is 0 Å². The molecule has 0 unspecified atom stereocenters. The number of aromatic amines is 1. The van der Waals surface area contributed by atoms with Crippen molar-refractivity contribution >= 4 is 9.84 Å². The van der Waals surface area contributed by atoms with E-state index in [1.807, 2.05) is 25.1 Å². The minimum atomic E-state index is -3.58. The largest absolute Gasteiger partial charge is 0.493 e. The molecule has 2 heterocycles. The number of nitrogens with one attached hydrogen (secondary N) is 1. The third kappa shape index (κ3) is 4.14. The van der Waals surface area contributed by atoms with Crippen molar-refractivity contribution in [1.82, 2.24) is 14.9 Å². The molecule has 0 bridgehead atoms. The van der Waals surface area contributed by atoms with E-state index in [-0.39, 0.29) is 10.7 Å². The number of benzene rings is 1. The minimum absolute atomic E-state index is 0.288. The Bertz CT molecular complexity index is 1000. The van der Waals surface area contributed by atoms with E-state index in [0.717, 1.165) is 11.8 Å². The molecule has 3 rings (SSSR count). The lowest BCUT2D eigenvalue weighted by Crippen LogP contribution is -2.35. The van der Waals surface area contributed by atoms with Crippen LogP contribution in [0.3, 0.4) is 0 Å². The maximum atomic E-state index is 12.2. The molecule has 1 N–H and O–H groups in total. The van der Waals surface area contributed by atoms with Crippen molar-refractivity contribution in [2.45, 2.75) is 31.6 Å². The van der Waals surface area contributed by atoms with Crippen molar-refractivity contribution in [3.8, 4) is 11.5 Å². The van der Waals surface area contributed by atoms with Crippen LogP contribution >= 0.6 is 0 Å². The van der Waals surface area contributed by atoms with Gasteiger partial charge in [0.1, 0.15) is 0 Å². The molecule has 9 heteroatoms. The van der Waals surface area contributed by atoms with Crippen LogP contribution in [-0.2, 0) is 29.3 Å². The molecule has 8 nitrogen and oxygen atoms in total. The first-order chi connectivity index (χ1) is 12.8. The number of nitrogens with zero attached hydrogens (tertiary/aromatic N) is 2. The molecule has 0 fully saturated rings. The third-order valence-corrected chi connectivity index (χ3v) is 5.34. The molecule has 0 radical (unpaired) electrons. The van der Waals surface area contributed by atoms with Gasteiger partial charge in [0.25, 0.3) is 5.56 Å². The molecule has 1 aromatic carbocycles. The number of ether oxygens (including phenoxy) is 2. The average molecular weight is 393 g/mol. The highest BCUT2D eigenvalue weighted by molar-refractivity contribution is 7.90. The van der Waals surface area contributed by atoms with Crippen LogP contribution in [0.5, 0.6) is 11.5 Å². The van der Waals surface area contributed by atoms with Crippen LogP contribution in [0.15, 0.2) is 28.2 Å². The summed E-state index contributed by atoms with van der Waals surface area (Å²) in [5, 5.41) is -0.288. The summed E-state index contributed by atoms with van der Waals surface area (Å²) in [7, 11) is -1.98. The number of hydrogen-bond acceptors (Lipinski definition) is 7. The van der Waals surface area contributed by atoms with E-state index in [0.29, 0.717) is 55.4 Å². The van der Waals surface area contributed by atoms with E-state index in [9.17, 15) is 13.2 Å². The zero-order valence-corrected chi connectivity index (χ0v) is 16.4. The SMILES string of the molecule is CCOc1c(CN2CCc3c(nc(S(C)(=O)=O)[nH]c3=O)C2)cccc1OC. The van der Waals surface area contributed by atoms with Gasteiger partial charge in [0.15, 0.2) is 11.5 Å². The van der Waals surface area contributed by atoms with Crippen molar-refractivity contribution in [2.24, 2.45) is 0 Å². The summed E-state index contributed by atoms with van der Waals surface area (Å²) in [5.74, 6) is 1.37.